The van der Waals surface area contributed by atoms with Crippen molar-refractivity contribution in [1.82, 2.24) is 4.98 Å². The molecule has 1 aromatic heterocycles. The van der Waals surface area contributed by atoms with Crippen molar-refractivity contribution in [3.63, 3.8) is 0 Å². The van der Waals surface area contributed by atoms with Crippen LogP contribution < -0.4 is 5.32 Å². The van der Waals surface area contributed by atoms with Gasteiger partial charge in [-0.3, -0.25) is 0 Å². The monoisotopic (exact) mass is 250 g/mol. The molecular weight excluding hydrogens is 239 g/mol. The molecule has 1 atom stereocenters. The van der Waals surface area contributed by atoms with Crippen LogP contribution in [0.1, 0.15) is 18.5 Å². The van der Waals surface area contributed by atoms with Crippen molar-refractivity contribution in [3.05, 3.63) is 59.0 Å². The van der Waals surface area contributed by atoms with Gasteiger partial charge in [0, 0.05) is 11.8 Å². The van der Waals surface area contributed by atoms with Crippen LogP contribution in [0.15, 0.2) is 42.6 Å². The average Bonchev–Trinajstić information content (AvgIpc) is 2.32. The number of pyridine rings is 1. The van der Waals surface area contributed by atoms with Crippen LogP contribution in [0.2, 0.25) is 5.02 Å². The molecule has 0 bridgehead atoms. The Morgan fingerprint density at radius 1 is 1.24 bits per heavy atom. The van der Waals surface area contributed by atoms with Crippen LogP contribution in [0.3, 0.4) is 0 Å². The van der Waals surface area contributed by atoms with E-state index >= 15 is 0 Å². The quantitative estimate of drug-likeness (QED) is 0.889. The lowest BCUT2D eigenvalue weighted by atomic mass is 10.1. The summed E-state index contributed by atoms with van der Waals surface area (Å²) in [5, 5.41) is 3.61. The molecule has 0 fully saturated rings. The number of hydrogen-bond donors (Lipinski definition) is 1. The minimum atomic E-state index is -0.237. The van der Waals surface area contributed by atoms with Crippen LogP contribution in [0.25, 0.3) is 0 Å². The van der Waals surface area contributed by atoms with E-state index in [4.69, 9.17) is 11.6 Å². The molecular formula is C13H12ClFN2. The molecule has 1 N–H and O–H groups in total. The lowest BCUT2D eigenvalue weighted by Crippen LogP contribution is -2.09. The van der Waals surface area contributed by atoms with Crippen LogP contribution >= 0.6 is 11.6 Å². The Bertz CT molecular complexity index is 516. The van der Waals surface area contributed by atoms with Gasteiger partial charge in [-0.25, -0.2) is 9.37 Å². The topological polar surface area (TPSA) is 24.9 Å². The lowest BCUT2D eigenvalue weighted by Gasteiger charge is -2.16. The molecule has 0 spiro atoms. The Morgan fingerprint density at radius 2 is 2.00 bits per heavy atom. The Hall–Kier alpha value is -1.61. The average molecular weight is 251 g/mol. The Labute approximate surface area is 104 Å². The Balaban J connectivity index is 2.20. The second-order valence-corrected chi connectivity index (χ2v) is 4.13. The van der Waals surface area contributed by atoms with Gasteiger partial charge in [-0.05, 0) is 25.1 Å². The van der Waals surface area contributed by atoms with Crippen LogP contribution in [-0.2, 0) is 0 Å². The number of hydrogen-bond acceptors (Lipinski definition) is 2. The fraction of sp³-hybridized carbons (Fsp3) is 0.154. The van der Waals surface area contributed by atoms with E-state index in [1.807, 2.05) is 6.92 Å². The normalized spacial score (nSPS) is 12.2. The zero-order chi connectivity index (χ0) is 12.3. The van der Waals surface area contributed by atoms with E-state index < -0.39 is 0 Å². The third kappa shape index (κ3) is 2.74. The largest absolute Gasteiger partial charge is 0.362 e. The second-order valence-electron chi connectivity index (χ2n) is 3.72. The van der Waals surface area contributed by atoms with Gasteiger partial charge >= 0.3 is 0 Å². The molecule has 0 aliphatic rings. The smallest absolute Gasteiger partial charge is 0.145 e. The molecule has 4 heteroatoms. The summed E-state index contributed by atoms with van der Waals surface area (Å²) >= 11 is 5.98. The number of rotatable bonds is 3. The van der Waals surface area contributed by atoms with E-state index in [1.54, 1.807) is 36.5 Å². The van der Waals surface area contributed by atoms with Gasteiger partial charge in [0.15, 0.2) is 0 Å². The van der Waals surface area contributed by atoms with E-state index in [0.29, 0.717) is 16.4 Å². The van der Waals surface area contributed by atoms with Crippen LogP contribution in [0, 0.1) is 5.82 Å². The van der Waals surface area contributed by atoms with Crippen molar-refractivity contribution in [2.24, 2.45) is 0 Å². The highest BCUT2D eigenvalue weighted by Crippen LogP contribution is 2.24. The van der Waals surface area contributed by atoms with Crippen LogP contribution in [-0.4, -0.2) is 4.98 Å². The van der Waals surface area contributed by atoms with Crippen molar-refractivity contribution >= 4 is 17.4 Å². The summed E-state index contributed by atoms with van der Waals surface area (Å²) in [5.41, 5.74) is 0.592. The number of halogens is 2. The standard InChI is InChI=1S/C13H12ClFN2/c1-9(10-5-2-3-7-12(10)15)17-13-11(14)6-4-8-16-13/h2-9H,1H3,(H,16,17). The van der Waals surface area contributed by atoms with Crippen molar-refractivity contribution in [2.45, 2.75) is 13.0 Å². The summed E-state index contributed by atoms with van der Waals surface area (Å²) in [4.78, 5) is 4.11. The Morgan fingerprint density at radius 3 is 2.71 bits per heavy atom. The summed E-state index contributed by atoms with van der Waals surface area (Å²) in [7, 11) is 0. The third-order valence-corrected chi connectivity index (χ3v) is 2.79. The first-order valence-electron chi connectivity index (χ1n) is 5.30. The molecule has 0 aliphatic carbocycles. The van der Waals surface area contributed by atoms with Gasteiger partial charge in [0.2, 0.25) is 0 Å². The summed E-state index contributed by atoms with van der Waals surface area (Å²) in [6.45, 7) is 1.86. The van der Waals surface area contributed by atoms with Crippen molar-refractivity contribution in [2.75, 3.05) is 5.32 Å². The number of benzene rings is 1. The molecule has 0 amide bonds. The summed E-state index contributed by atoms with van der Waals surface area (Å²) in [6.07, 6.45) is 1.64. The highest BCUT2D eigenvalue weighted by Gasteiger charge is 2.11. The van der Waals surface area contributed by atoms with Crippen molar-refractivity contribution in [1.29, 1.82) is 0 Å². The molecule has 0 radical (unpaired) electrons. The highest BCUT2D eigenvalue weighted by atomic mass is 35.5. The zero-order valence-corrected chi connectivity index (χ0v) is 10.1. The molecule has 1 aromatic carbocycles. The summed E-state index contributed by atoms with van der Waals surface area (Å²) < 4.78 is 13.5. The number of aromatic nitrogens is 1. The van der Waals surface area contributed by atoms with Gasteiger partial charge in [-0.1, -0.05) is 29.8 Å². The Kier molecular flexibility index (Phi) is 3.59. The first-order chi connectivity index (χ1) is 8.18. The molecule has 2 aromatic rings. The molecule has 17 heavy (non-hydrogen) atoms. The summed E-state index contributed by atoms with van der Waals surface area (Å²) in [5.74, 6) is 0.324. The fourth-order valence-corrected chi connectivity index (χ4v) is 1.78. The molecule has 88 valence electrons. The maximum absolute atomic E-state index is 13.5. The van der Waals surface area contributed by atoms with E-state index in [-0.39, 0.29) is 11.9 Å². The molecule has 0 saturated carbocycles. The fourth-order valence-electron chi connectivity index (χ4n) is 1.60. The SMILES string of the molecule is CC(Nc1ncccc1Cl)c1ccccc1F. The molecule has 2 nitrogen and oxygen atoms in total. The van der Waals surface area contributed by atoms with E-state index in [2.05, 4.69) is 10.3 Å². The molecule has 2 rings (SSSR count). The minimum Gasteiger partial charge on any atom is -0.362 e. The lowest BCUT2D eigenvalue weighted by molar-refractivity contribution is 0.600. The van der Waals surface area contributed by atoms with Crippen molar-refractivity contribution in [3.8, 4) is 0 Å². The van der Waals surface area contributed by atoms with E-state index in [1.165, 1.54) is 6.07 Å². The predicted molar refractivity (Wildman–Crippen MR) is 67.7 cm³/mol. The van der Waals surface area contributed by atoms with Gasteiger partial charge in [0.25, 0.3) is 0 Å². The summed E-state index contributed by atoms with van der Waals surface area (Å²) in [6, 6.07) is 9.95. The molecule has 1 heterocycles. The predicted octanol–water partition coefficient (Wildman–Crippen LogP) is 4.05. The first kappa shape index (κ1) is 11.9. The molecule has 0 aliphatic heterocycles. The minimum absolute atomic E-state index is 0.191. The zero-order valence-electron chi connectivity index (χ0n) is 9.32. The second kappa shape index (κ2) is 5.15. The van der Waals surface area contributed by atoms with Gasteiger partial charge in [0.1, 0.15) is 11.6 Å². The van der Waals surface area contributed by atoms with Crippen LogP contribution in [0.5, 0.6) is 0 Å². The van der Waals surface area contributed by atoms with E-state index in [9.17, 15) is 4.39 Å². The van der Waals surface area contributed by atoms with Gasteiger partial charge in [-0.2, -0.15) is 0 Å². The highest BCUT2D eigenvalue weighted by molar-refractivity contribution is 6.32. The molecule has 0 saturated heterocycles. The van der Waals surface area contributed by atoms with E-state index in [0.717, 1.165) is 0 Å². The molecule has 1 unspecified atom stereocenters. The van der Waals surface area contributed by atoms with Crippen molar-refractivity contribution < 1.29 is 4.39 Å². The van der Waals surface area contributed by atoms with Crippen LogP contribution in [0.4, 0.5) is 10.2 Å². The van der Waals surface area contributed by atoms with Gasteiger partial charge in [-0.15, -0.1) is 0 Å². The number of anilines is 1. The first-order valence-corrected chi connectivity index (χ1v) is 5.68. The number of nitrogens with zero attached hydrogens (tertiary/aromatic N) is 1. The van der Waals surface area contributed by atoms with Gasteiger partial charge in [0.05, 0.1) is 11.1 Å². The maximum atomic E-state index is 13.5. The third-order valence-electron chi connectivity index (χ3n) is 2.48. The maximum Gasteiger partial charge on any atom is 0.145 e. The van der Waals surface area contributed by atoms with Gasteiger partial charge < -0.3 is 5.32 Å². The number of nitrogens with one attached hydrogen (secondary N) is 1.